The molecule has 0 aromatic carbocycles. The molecule has 1 aliphatic rings. The maximum absolute atomic E-state index is 11.4. The van der Waals surface area contributed by atoms with Gasteiger partial charge in [-0.1, -0.05) is 13.8 Å². The highest BCUT2D eigenvalue weighted by molar-refractivity contribution is 5.79. The average Bonchev–Trinajstić information content (AvgIpc) is 3.10. The highest BCUT2D eigenvalue weighted by Gasteiger charge is 2.19. The standard InChI is InChI=1S/C13H25N3O2/c1-10(2)9-16-13(18)6-8-15-12(17)5-7-14-11-3-4-11/h10-11,14H,3-9H2,1-2H3,(H,15,17)(H,16,18). The van der Waals surface area contributed by atoms with Gasteiger partial charge in [0, 0.05) is 38.5 Å². The van der Waals surface area contributed by atoms with Crippen molar-refractivity contribution in [1.82, 2.24) is 16.0 Å². The fourth-order valence-electron chi connectivity index (χ4n) is 1.49. The van der Waals surface area contributed by atoms with Gasteiger partial charge >= 0.3 is 0 Å². The van der Waals surface area contributed by atoms with Crippen LogP contribution < -0.4 is 16.0 Å². The zero-order chi connectivity index (χ0) is 13.4. The van der Waals surface area contributed by atoms with E-state index in [2.05, 4.69) is 29.8 Å². The summed E-state index contributed by atoms with van der Waals surface area (Å²) < 4.78 is 0. The van der Waals surface area contributed by atoms with Crippen molar-refractivity contribution in [3.63, 3.8) is 0 Å². The van der Waals surface area contributed by atoms with Gasteiger partial charge in [0.05, 0.1) is 0 Å². The molecule has 0 atom stereocenters. The Labute approximate surface area is 109 Å². The first-order valence-corrected chi connectivity index (χ1v) is 6.84. The predicted molar refractivity (Wildman–Crippen MR) is 71.1 cm³/mol. The second-order valence-electron chi connectivity index (χ2n) is 5.28. The number of nitrogens with one attached hydrogen (secondary N) is 3. The summed E-state index contributed by atoms with van der Waals surface area (Å²) in [5.74, 6) is 0.469. The summed E-state index contributed by atoms with van der Waals surface area (Å²) >= 11 is 0. The molecule has 104 valence electrons. The zero-order valence-corrected chi connectivity index (χ0v) is 11.4. The van der Waals surface area contributed by atoms with Crippen molar-refractivity contribution in [2.24, 2.45) is 5.92 Å². The van der Waals surface area contributed by atoms with Crippen LogP contribution in [0.3, 0.4) is 0 Å². The summed E-state index contributed by atoms with van der Waals surface area (Å²) in [5, 5.41) is 8.85. The summed E-state index contributed by atoms with van der Waals surface area (Å²) in [4.78, 5) is 22.8. The third-order valence-electron chi connectivity index (χ3n) is 2.74. The Morgan fingerprint density at radius 2 is 1.67 bits per heavy atom. The molecule has 18 heavy (non-hydrogen) atoms. The molecule has 5 heteroatoms. The second-order valence-corrected chi connectivity index (χ2v) is 5.28. The van der Waals surface area contributed by atoms with Gasteiger partial charge < -0.3 is 16.0 Å². The van der Waals surface area contributed by atoms with Crippen LogP contribution in [-0.2, 0) is 9.59 Å². The van der Waals surface area contributed by atoms with E-state index in [1.807, 2.05) is 0 Å². The minimum absolute atomic E-state index is 0.0000976. The summed E-state index contributed by atoms with van der Waals surface area (Å²) in [7, 11) is 0. The van der Waals surface area contributed by atoms with Crippen molar-refractivity contribution in [2.75, 3.05) is 19.6 Å². The number of carbonyl (C=O) groups is 2. The average molecular weight is 255 g/mol. The molecule has 0 aromatic heterocycles. The first-order valence-electron chi connectivity index (χ1n) is 6.84. The van der Waals surface area contributed by atoms with Crippen LogP contribution in [-0.4, -0.2) is 37.5 Å². The maximum Gasteiger partial charge on any atom is 0.221 e. The fourth-order valence-corrected chi connectivity index (χ4v) is 1.49. The SMILES string of the molecule is CC(C)CNC(=O)CCNC(=O)CCNC1CC1. The van der Waals surface area contributed by atoms with Crippen LogP contribution in [0.4, 0.5) is 0 Å². The Morgan fingerprint density at radius 3 is 2.28 bits per heavy atom. The lowest BCUT2D eigenvalue weighted by Crippen LogP contribution is -2.33. The van der Waals surface area contributed by atoms with E-state index >= 15 is 0 Å². The van der Waals surface area contributed by atoms with E-state index in [9.17, 15) is 9.59 Å². The molecule has 1 fully saturated rings. The predicted octanol–water partition coefficient (Wildman–Crippen LogP) is 0.407. The molecule has 0 unspecified atom stereocenters. The van der Waals surface area contributed by atoms with Crippen LogP contribution in [0.5, 0.6) is 0 Å². The largest absolute Gasteiger partial charge is 0.356 e. The van der Waals surface area contributed by atoms with Gasteiger partial charge in [0.2, 0.25) is 11.8 Å². The summed E-state index contributed by atoms with van der Waals surface area (Å²) in [6.07, 6.45) is 3.31. The lowest BCUT2D eigenvalue weighted by atomic mass is 10.2. The van der Waals surface area contributed by atoms with Gasteiger partial charge in [0.25, 0.3) is 0 Å². The van der Waals surface area contributed by atoms with Gasteiger partial charge in [-0.2, -0.15) is 0 Å². The minimum atomic E-state index is 0.0000976. The van der Waals surface area contributed by atoms with E-state index < -0.39 is 0 Å². The zero-order valence-electron chi connectivity index (χ0n) is 11.4. The van der Waals surface area contributed by atoms with Crippen LogP contribution in [0.1, 0.15) is 39.5 Å². The lowest BCUT2D eigenvalue weighted by molar-refractivity contribution is -0.122. The molecule has 1 saturated carbocycles. The van der Waals surface area contributed by atoms with Crippen LogP contribution in [0.2, 0.25) is 0 Å². The molecular formula is C13H25N3O2. The Kier molecular flexibility index (Phi) is 6.72. The Balaban J connectivity index is 1.91. The number of carbonyl (C=O) groups excluding carboxylic acids is 2. The third kappa shape index (κ3) is 8.06. The van der Waals surface area contributed by atoms with E-state index in [-0.39, 0.29) is 11.8 Å². The Bertz CT molecular complexity index is 275. The molecule has 0 radical (unpaired) electrons. The molecular weight excluding hydrogens is 230 g/mol. The molecule has 1 rings (SSSR count). The van der Waals surface area contributed by atoms with E-state index in [0.717, 1.165) is 6.54 Å². The van der Waals surface area contributed by atoms with Crippen molar-refractivity contribution in [2.45, 2.75) is 45.6 Å². The highest BCUT2D eigenvalue weighted by Crippen LogP contribution is 2.18. The van der Waals surface area contributed by atoms with E-state index in [4.69, 9.17) is 0 Å². The minimum Gasteiger partial charge on any atom is -0.356 e. The van der Waals surface area contributed by atoms with Gasteiger partial charge in [-0.3, -0.25) is 9.59 Å². The van der Waals surface area contributed by atoms with Gasteiger partial charge in [0.1, 0.15) is 0 Å². The van der Waals surface area contributed by atoms with Crippen LogP contribution in [0.25, 0.3) is 0 Å². The summed E-state index contributed by atoms with van der Waals surface area (Å²) in [6.45, 7) is 5.95. The highest BCUT2D eigenvalue weighted by atomic mass is 16.2. The van der Waals surface area contributed by atoms with E-state index in [1.165, 1.54) is 12.8 Å². The monoisotopic (exact) mass is 255 g/mol. The quantitative estimate of drug-likeness (QED) is 0.559. The molecule has 5 nitrogen and oxygen atoms in total. The second kappa shape index (κ2) is 8.08. The first kappa shape index (κ1) is 15.0. The van der Waals surface area contributed by atoms with Gasteiger partial charge in [-0.15, -0.1) is 0 Å². The smallest absolute Gasteiger partial charge is 0.221 e. The van der Waals surface area contributed by atoms with Crippen LogP contribution in [0.15, 0.2) is 0 Å². The molecule has 2 amide bonds. The lowest BCUT2D eigenvalue weighted by Gasteiger charge is -2.08. The summed E-state index contributed by atoms with van der Waals surface area (Å²) in [5.41, 5.74) is 0. The molecule has 0 aromatic rings. The molecule has 0 spiro atoms. The number of hydrogen-bond donors (Lipinski definition) is 3. The first-order chi connectivity index (χ1) is 8.58. The number of rotatable bonds is 9. The number of amides is 2. The number of hydrogen-bond acceptors (Lipinski definition) is 3. The van der Waals surface area contributed by atoms with Crippen molar-refractivity contribution in [3.8, 4) is 0 Å². The molecule has 0 heterocycles. The van der Waals surface area contributed by atoms with Gasteiger partial charge in [-0.05, 0) is 18.8 Å². The van der Waals surface area contributed by atoms with Gasteiger partial charge in [-0.25, -0.2) is 0 Å². The van der Waals surface area contributed by atoms with Crippen LogP contribution >= 0.6 is 0 Å². The fraction of sp³-hybridized carbons (Fsp3) is 0.846. The molecule has 0 bridgehead atoms. The summed E-state index contributed by atoms with van der Waals surface area (Å²) in [6, 6.07) is 0.639. The topological polar surface area (TPSA) is 70.2 Å². The van der Waals surface area contributed by atoms with Crippen molar-refractivity contribution >= 4 is 11.8 Å². The molecule has 3 N–H and O–H groups in total. The molecule has 0 saturated heterocycles. The molecule has 0 aliphatic heterocycles. The molecule has 1 aliphatic carbocycles. The van der Waals surface area contributed by atoms with Gasteiger partial charge in [0.15, 0.2) is 0 Å². The Hall–Kier alpha value is -1.10. The normalized spacial score (nSPS) is 14.6. The van der Waals surface area contributed by atoms with Crippen molar-refractivity contribution in [1.29, 1.82) is 0 Å². The van der Waals surface area contributed by atoms with E-state index in [0.29, 0.717) is 37.9 Å². The Morgan fingerprint density at radius 1 is 1.06 bits per heavy atom. The van der Waals surface area contributed by atoms with Crippen molar-refractivity contribution in [3.05, 3.63) is 0 Å². The van der Waals surface area contributed by atoms with E-state index in [1.54, 1.807) is 0 Å². The third-order valence-corrected chi connectivity index (χ3v) is 2.74. The van der Waals surface area contributed by atoms with Crippen LogP contribution in [0, 0.1) is 5.92 Å². The maximum atomic E-state index is 11.4. The van der Waals surface area contributed by atoms with Crippen molar-refractivity contribution < 1.29 is 9.59 Å².